The van der Waals surface area contributed by atoms with Crippen LogP contribution in [0, 0.1) is 0 Å². The smallest absolute Gasteiger partial charge is 0.201 e. The molecule has 3 aromatic rings. The first kappa shape index (κ1) is 12.1. The molecule has 3 rings (SSSR count). The van der Waals surface area contributed by atoms with Gasteiger partial charge < -0.3 is 10.3 Å². The van der Waals surface area contributed by atoms with Crippen LogP contribution in [-0.4, -0.2) is 9.97 Å². The van der Waals surface area contributed by atoms with E-state index in [1.807, 2.05) is 36.4 Å². The van der Waals surface area contributed by atoms with Crippen LogP contribution in [0.1, 0.15) is 11.1 Å². The molecule has 0 saturated heterocycles. The van der Waals surface area contributed by atoms with Gasteiger partial charge in [-0.1, -0.05) is 36.4 Å². The summed E-state index contributed by atoms with van der Waals surface area (Å²) in [7, 11) is 0. The minimum absolute atomic E-state index is 0.540. The number of aromatic nitrogens is 2. The van der Waals surface area contributed by atoms with Gasteiger partial charge in [0.05, 0.1) is 11.0 Å². The standard InChI is InChI=1S/C15H14ClN3/c16-9-11-4-3-5-12(8-11)10-17-15-18-13-6-1-2-7-14(13)19-15/h1-8H,9-10H2,(H2,17,18,19). The molecule has 0 fully saturated rings. The molecular formula is C15H14ClN3. The van der Waals surface area contributed by atoms with E-state index in [1.54, 1.807) is 0 Å². The SMILES string of the molecule is ClCc1cccc(CNc2nc3ccccc3[nH]2)c1. The second-order valence-electron chi connectivity index (χ2n) is 4.41. The van der Waals surface area contributed by atoms with Crippen molar-refractivity contribution in [3.05, 3.63) is 59.7 Å². The second-order valence-corrected chi connectivity index (χ2v) is 4.68. The Bertz CT molecular complexity index is 657. The van der Waals surface area contributed by atoms with E-state index in [1.165, 1.54) is 5.56 Å². The summed E-state index contributed by atoms with van der Waals surface area (Å²) in [6.07, 6.45) is 0. The van der Waals surface area contributed by atoms with Crippen LogP contribution in [0.2, 0.25) is 0 Å². The topological polar surface area (TPSA) is 40.7 Å². The van der Waals surface area contributed by atoms with Gasteiger partial charge in [-0.25, -0.2) is 4.98 Å². The lowest BCUT2D eigenvalue weighted by molar-refractivity contribution is 1.09. The fourth-order valence-corrected chi connectivity index (χ4v) is 2.21. The number of fused-ring (bicyclic) bond motifs is 1. The number of halogens is 1. The molecule has 0 spiro atoms. The van der Waals surface area contributed by atoms with Crippen molar-refractivity contribution in [2.24, 2.45) is 0 Å². The molecule has 1 heterocycles. The molecule has 2 N–H and O–H groups in total. The molecule has 4 heteroatoms. The molecule has 3 nitrogen and oxygen atoms in total. The van der Waals surface area contributed by atoms with Crippen molar-refractivity contribution in [3.8, 4) is 0 Å². The van der Waals surface area contributed by atoms with E-state index in [4.69, 9.17) is 11.6 Å². The Morgan fingerprint density at radius 2 is 1.89 bits per heavy atom. The zero-order valence-corrected chi connectivity index (χ0v) is 11.1. The van der Waals surface area contributed by atoms with Gasteiger partial charge in [0.25, 0.3) is 0 Å². The number of rotatable bonds is 4. The normalized spacial score (nSPS) is 10.8. The van der Waals surface area contributed by atoms with E-state index in [9.17, 15) is 0 Å². The lowest BCUT2D eigenvalue weighted by atomic mass is 10.1. The molecule has 0 radical (unpaired) electrons. The third kappa shape index (κ3) is 2.71. The van der Waals surface area contributed by atoms with Crippen LogP contribution in [0.5, 0.6) is 0 Å². The monoisotopic (exact) mass is 271 g/mol. The van der Waals surface area contributed by atoms with E-state index in [-0.39, 0.29) is 0 Å². The highest BCUT2D eigenvalue weighted by Gasteiger charge is 2.01. The molecule has 0 aliphatic carbocycles. The molecule has 0 unspecified atom stereocenters. The molecule has 0 aliphatic rings. The van der Waals surface area contributed by atoms with Crippen LogP contribution in [0.3, 0.4) is 0 Å². The molecule has 19 heavy (non-hydrogen) atoms. The summed E-state index contributed by atoms with van der Waals surface area (Å²) >= 11 is 5.83. The Morgan fingerprint density at radius 3 is 2.74 bits per heavy atom. The van der Waals surface area contributed by atoms with Gasteiger partial charge in [0.15, 0.2) is 0 Å². The number of benzene rings is 2. The second kappa shape index (κ2) is 5.33. The van der Waals surface area contributed by atoms with Crippen LogP contribution >= 0.6 is 11.6 Å². The number of alkyl halides is 1. The number of aromatic amines is 1. The highest BCUT2D eigenvalue weighted by atomic mass is 35.5. The molecule has 96 valence electrons. The van der Waals surface area contributed by atoms with Gasteiger partial charge in [0.2, 0.25) is 5.95 Å². The number of hydrogen-bond donors (Lipinski definition) is 2. The van der Waals surface area contributed by atoms with Crippen molar-refractivity contribution in [2.75, 3.05) is 5.32 Å². The van der Waals surface area contributed by atoms with Crippen LogP contribution in [-0.2, 0) is 12.4 Å². The first-order valence-electron chi connectivity index (χ1n) is 6.17. The molecule has 0 amide bonds. The molecular weight excluding hydrogens is 258 g/mol. The van der Waals surface area contributed by atoms with Gasteiger partial charge in [-0.2, -0.15) is 0 Å². The Balaban J connectivity index is 1.74. The Morgan fingerprint density at radius 1 is 1.05 bits per heavy atom. The Hall–Kier alpha value is -2.00. The van der Waals surface area contributed by atoms with Gasteiger partial charge >= 0.3 is 0 Å². The highest BCUT2D eigenvalue weighted by molar-refractivity contribution is 6.17. The van der Waals surface area contributed by atoms with Gasteiger partial charge in [0.1, 0.15) is 0 Å². The lowest BCUT2D eigenvalue weighted by Gasteiger charge is -2.04. The van der Waals surface area contributed by atoms with Crippen LogP contribution in [0.15, 0.2) is 48.5 Å². The predicted molar refractivity (Wildman–Crippen MR) is 79.4 cm³/mol. The predicted octanol–water partition coefficient (Wildman–Crippen LogP) is 3.91. The third-order valence-corrected chi connectivity index (χ3v) is 3.30. The van der Waals surface area contributed by atoms with E-state index in [0.717, 1.165) is 29.1 Å². The van der Waals surface area contributed by atoms with E-state index in [0.29, 0.717) is 5.88 Å². The van der Waals surface area contributed by atoms with Gasteiger partial charge in [-0.3, -0.25) is 0 Å². The summed E-state index contributed by atoms with van der Waals surface area (Å²) in [6.45, 7) is 0.727. The number of imidazole rings is 1. The molecule has 0 bridgehead atoms. The van der Waals surface area contributed by atoms with E-state index in [2.05, 4.69) is 27.4 Å². The fraction of sp³-hybridized carbons (Fsp3) is 0.133. The average molecular weight is 272 g/mol. The molecule has 0 aliphatic heterocycles. The minimum atomic E-state index is 0.540. The van der Waals surface area contributed by atoms with Gasteiger partial charge in [-0.15, -0.1) is 11.6 Å². The van der Waals surface area contributed by atoms with Crippen LogP contribution in [0.4, 0.5) is 5.95 Å². The zero-order valence-electron chi connectivity index (χ0n) is 10.4. The lowest BCUT2D eigenvalue weighted by Crippen LogP contribution is -2.01. The largest absolute Gasteiger partial charge is 0.352 e. The molecule has 0 saturated carbocycles. The fourth-order valence-electron chi connectivity index (χ4n) is 2.05. The van der Waals surface area contributed by atoms with Crippen molar-refractivity contribution < 1.29 is 0 Å². The van der Waals surface area contributed by atoms with Gasteiger partial charge in [0, 0.05) is 12.4 Å². The van der Waals surface area contributed by atoms with E-state index >= 15 is 0 Å². The summed E-state index contributed by atoms with van der Waals surface area (Å²) in [4.78, 5) is 7.72. The zero-order chi connectivity index (χ0) is 13.1. The summed E-state index contributed by atoms with van der Waals surface area (Å²) in [5, 5.41) is 3.29. The number of anilines is 1. The number of para-hydroxylation sites is 2. The maximum absolute atomic E-state index is 5.83. The first-order valence-corrected chi connectivity index (χ1v) is 6.71. The molecule has 2 aromatic carbocycles. The quantitative estimate of drug-likeness (QED) is 0.706. The Kier molecular flexibility index (Phi) is 3.38. The maximum atomic E-state index is 5.83. The highest BCUT2D eigenvalue weighted by Crippen LogP contribution is 2.14. The Labute approximate surface area is 116 Å². The summed E-state index contributed by atoms with van der Waals surface area (Å²) in [5.74, 6) is 1.33. The molecule has 0 atom stereocenters. The van der Waals surface area contributed by atoms with Gasteiger partial charge in [-0.05, 0) is 23.3 Å². The maximum Gasteiger partial charge on any atom is 0.201 e. The average Bonchev–Trinajstić information content (AvgIpc) is 2.88. The summed E-state index contributed by atoms with van der Waals surface area (Å²) in [6, 6.07) is 16.2. The number of H-pyrrole nitrogens is 1. The van der Waals surface area contributed by atoms with Crippen molar-refractivity contribution in [3.63, 3.8) is 0 Å². The van der Waals surface area contributed by atoms with Crippen molar-refractivity contribution in [2.45, 2.75) is 12.4 Å². The first-order chi connectivity index (χ1) is 9.35. The third-order valence-electron chi connectivity index (χ3n) is 3.00. The van der Waals surface area contributed by atoms with E-state index < -0.39 is 0 Å². The summed E-state index contributed by atoms with van der Waals surface area (Å²) < 4.78 is 0. The minimum Gasteiger partial charge on any atom is -0.352 e. The van der Waals surface area contributed by atoms with Crippen molar-refractivity contribution in [1.29, 1.82) is 0 Å². The summed E-state index contributed by atoms with van der Waals surface area (Å²) in [5.41, 5.74) is 4.34. The van der Waals surface area contributed by atoms with Crippen molar-refractivity contribution >= 4 is 28.6 Å². The van der Waals surface area contributed by atoms with Crippen LogP contribution in [0.25, 0.3) is 11.0 Å². The number of nitrogens with zero attached hydrogens (tertiary/aromatic N) is 1. The number of hydrogen-bond acceptors (Lipinski definition) is 2. The number of nitrogens with one attached hydrogen (secondary N) is 2. The van der Waals surface area contributed by atoms with Crippen LogP contribution < -0.4 is 5.32 Å². The molecule has 1 aromatic heterocycles. The van der Waals surface area contributed by atoms with Crippen molar-refractivity contribution in [1.82, 2.24) is 9.97 Å².